The van der Waals surface area contributed by atoms with Gasteiger partial charge in [-0.1, -0.05) is 12.5 Å². The Morgan fingerprint density at radius 1 is 1.42 bits per heavy atom. The fourth-order valence-electron chi connectivity index (χ4n) is 2.69. The minimum Gasteiger partial charge on any atom is -0.478 e. The topological polar surface area (TPSA) is 37.3 Å². The first kappa shape index (κ1) is 7.84. The Morgan fingerprint density at radius 2 is 2.17 bits per heavy atom. The van der Waals surface area contributed by atoms with Gasteiger partial charge >= 0.3 is 5.97 Å². The summed E-state index contributed by atoms with van der Waals surface area (Å²) in [5, 5.41) is 8.92. The SMILES string of the molecule is CC12CCCC1=C(C(=O)O)CC2. The normalized spacial score (nSPS) is 34.1. The van der Waals surface area contributed by atoms with Crippen LogP contribution in [0.4, 0.5) is 0 Å². The summed E-state index contributed by atoms with van der Waals surface area (Å²) in [5.74, 6) is -0.685. The largest absolute Gasteiger partial charge is 0.478 e. The smallest absolute Gasteiger partial charge is 0.331 e. The van der Waals surface area contributed by atoms with Crippen LogP contribution in [0.5, 0.6) is 0 Å². The molecule has 2 rings (SSSR count). The minimum atomic E-state index is -0.685. The first-order chi connectivity index (χ1) is 5.63. The second-order valence-electron chi connectivity index (χ2n) is 4.18. The van der Waals surface area contributed by atoms with Gasteiger partial charge in [-0.25, -0.2) is 4.79 Å². The van der Waals surface area contributed by atoms with Crippen LogP contribution in [0.25, 0.3) is 0 Å². The van der Waals surface area contributed by atoms with Gasteiger partial charge in [-0.05, 0) is 37.5 Å². The number of allylic oxidation sites excluding steroid dienone is 1. The number of aliphatic carboxylic acids is 1. The van der Waals surface area contributed by atoms with Crippen LogP contribution < -0.4 is 0 Å². The van der Waals surface area contributed by atoms with Crippen molar-refractivity contribution in [3.8, 4) is 0 Å². The molecule has 1 N–H and O–H groups in total. The second kappa shape index (κ2) is 2.35. The molecule has 12 heavy (non-hydrogen) atoms. The zero-order valence-corrected chi connectivity index (χ0v) is 7.39. The lowest BCUT2D eigenvalue weighted by Gasteiger charge is -2.19. The van der Waals surface area contributed by atoms with Crippen molar-refractivity contribution in [3.05, 3.63) is 11.1 Å². The Balaban J connectivity index is 2.40. The summed E-state index contributed by atoms with van der Waals surface area (Å²) in [6.07, 6.45) is 5.25. The maximum absolute atomic E-state index is 10.8. The highest BCUT2D eigenvalue weighted by atomic mass is 16.4. The fourth-order valence-corrected chi connectivity index (χ4v) is 2.69. The number of fused-ring (bicyclic) bond motifs is 1. The van der Waals surface area contributed by atoms with Gasteiger partial charge in [0.1, 0.15) is 0 Å². The Kier molecular flexibility index (Phi) is 1.53. The summed E-state index contributed by atoms with van der Waals surface area (Å²) in [5.41, 5.74) is 2.22. The van der Waals surface area contributed by atoms with Crippen molar-refractivity contribution in [3.63, 3.8) is 0 Å². The molecular weight excluding hydrogens is 152 g/mol. The monoisotopic (exact) mass is 166 g/mol. The van der Waals surface area contributed by atoms with E-state index < -0.39 is 5.97 Å². The summed E-state index contributed by atoms with van der Waals surface area (Å²) < 4.78 is 0. The molecule has 1 saturated carbocycles. The van der Waals surface area contributed by atoms with Gasteiger partial charge in [-0.2, -0.15) is 0 Å². The molecule has 1 unspecified atom stereocenters. The molecule has 0 bridgehead atoms. The molecule has 0 aromatic heterocycles. The third-order valence-electron chi connectivity index (χ3n) is 3.43. The molecule has 2 aliphatic rings. The molecule has 1 atom stereocenters. The lowest BCUT2D eigenvalue weighted by atomic mass is 9.85. The van der Waals surface area contributed by atoms with Crippen LogP contribution in [0, 0.1) is 5.41 Å². The lowest BCUT2D eigenvalue weighted by molar-refractivity contribution is -0.132. The average molecular weight is 166 g/mol. The van der Waals surface area contributed by atoms with E-state index in [1.54, 1.807) is 0 Å². The first-order valence-electron chi connectivity index (χ1n) is 4.59. The van der Waals surface area contributed by atoms with Gasteiger partial charge in [-0.15, -0.1) is 0 Å². The quantitative estimate of drug-likeness (QED) is 0.649. The second-order valence-corrected chi connectivity index (χ2v) is 4.18. The highest BCUT2D eigenvalue weighted by Crippen LogP contribution is 2.53. The third kappa shape index (κ3) is 0.904. The molecule has 0 saturated heterocycles. The molecule has 2 aliphatic carbocycles. The highest BCUT2D eigenvalue weighted by molar-refractivity contribution is 5.88. The van der Waals surface area contributed by atoms with Gasteiger partial charge in [0.2, 0.25) is 0 Å². The molecule has 2 heteroatoms. The number of hydrogen-bond acceptors (Lipinski definition) is 1. The Hall–Kier alpha value is -0.790. The Labute approximate surface area is 72.3 Å². The van der Waals surface area contributed by atoms with E-state index in [4.69, 9.17) is 5.11 Å². The molecule has 1 fully saturated rings. The predicted molar refractivity (Wildman–Crippen MR) is 45.9 cm³/mol. The summed E-state index contributed by atoms with van der Waals surface area (Å²) in [7, 11) is 0. The van der Waals surface area contributed by atoms with Crippen molar-refractivity contribution in [1.29, 1.82) is 0 Å². The fraction of sp³-hybridized carbons (Fsp3) is 0.700. The van der Waals surface area contributed by atoms with E-state index in [0.717, 1.165) is 24.8 Å². The van der Waals surface area contributed by atoms with Crippen molar-refractivity contribution < 1.29 is 9.90 Å². The molecule has 2 nitrogen and oxygen atoms in total. The average Bonchev–Trinajstić information content (AvgIpc) is 2.43. The Bertz CT molecular complexity index is 265. The van der Waals surface area contributed by atoms with Gasteiger partial charge in [-0.3, -0.25) is 0 Å². The van der Waals surface area contributed by atoms with E-state index >= 15 is 0 Å². The van der Waals surface area contributed by atoms with Crippen LogP contribution in [0.15, 0.2) is 11.1 Å². The van der Waals surface area contributed by atoms with Crippen LogP contribution in [0.3, 0.4) is 0 Å². The summed E-state index contributed by atoms with van der Waals surface area (Å²) in [4.78, 5) is 10.8. The standard InChI is InChI=1S/C10H14O2/c1-10-5-2-3-8(10)7(4-6-10)9(11)12/h2-6H2,1H3,(H,11,12). The molecular formula is C10H14O2. The maximum atomic E-state index is 10.8. The van der Waals surface area contributed by atoms with Crippen molar-refractivity contribution in [2.75, 3.05) is 0 Å². The summed E-state index contributed by atoms with van der Waals surface area (Å²) in [6.45, 7) is 2.21. The molecule has 0 radical (unpaired) electrons. The van der Waals surface area contributed by atoms with Crippen molar-refractivity contribution in [1.82, 2.24) is 0 Å². The van der Waals surface area contributed by atoms with Crippen molar-refractivity contribution in [2.45, 2.75) is 39.0 Å². The number of rotatable bonds is 1. The molecule has 0 aromatic rings. The Morgan fingerprint density at radius 3 is 2.83 bits per heavy atom. The van der Waals surface area contributed by atoms with E-state index in [-0.39, 0.29) is 5.41 Å². The van der Waals surface area contributed by atoms with Gasteiger partial charge in [0.05, 0.1) is 0 Å². The van der Waals surface area contributed by atoms with Crippen LogP contribution in [0.1, 0.15) is 39.0 Å². The molecule has 0 aliphatic heterocycles. The zero-order valence-electron chi connectivity index (χ0n) is 7.39. The summed E-state index contributed by atoms with van der Waals surface area (Å²) >= 11 is 0. The van der Waals surface area contributed by atoms with Crippen LogP contribution in [-0.2, 0) is 4.79 Å². The zero-order chi connectivity index (χ0) is 8.77. The molecule has 0 amide bonds. The van der Waals surface area contributed by atoms with Gasteiger partial charge in [0.25, 0.3) is 0 Å². The number of carboxylic acid groups (broad SMARTS) is 1. The van der Waals surface area contributed by atoms with Gasteiger partial charge in [0, 0.05) is 5.57 Å². The van der Waals surface area contributed by atoms with E-state index in [1.807, 2.05) is 0 Å². The van der Waals surface area contributed by atoms with Crippen molar-refractivity contribution in [2.24, 2.45) is 5.41 Å². The van der Waals surface area contributed by atoms with Gasteiger partial charge < -0.3 is 5.11 Å². The predicted octanol–water partition coefficient (Wildman–Crippen LogP) is 2.35. The number of hydrogen-bond donors (Lipinski definition) is 1. The van der Waals surface area contributed by atoms with Crippen LogP contribution >= 0.6 is 0 Å². The highest BCUT2D eigenvalue weighted by Gasteiger charge is 2.41. The molecule has 0 aromatic carbocycles. The van der Waals surface area contributed by atoms with Crippen LogP contribution in [0.2, 0.25) is 0 Å². The minimum absolute atomic E-state index is 0.258. The van der Waals surface area contributed by atoms with Crippen molar-refractivity contribution >= 4 is 5.97 Å². The van der Waals surface area contributed by atoms with E-state index in [2.05, 4.69) is 6.92 Å². The maximum Gasteiger partial charge on any atom is 0.331 e. The molecule has 66 valence electrons. The van der Waals surface area contributed by atoms with E-state index in [1.165, 1.54) is 18.4 Å². The molecule has 0 heterocycles. The number of carboxylic acids is 1. The summed E-state index contributed by atoms with van der Waals surface area (Å²) in [6, 6.07) is 0. The van der Waals surface area contributed by atoms with E-state index in [9.17, 15) is 4.79 Å². The third-order valence-corrected chi connectivity index (χ3v) is 3.43. The van der Waals surface area contributed by atoms with E-state index in [0.29, 0.717) is 0 Å². The number of carbonyl (C=O) groups is 1. The van der Waals surface area contributed by atoms with Crippen LogP contribution in [-0.4, -0.2) is 11.1 Å². The lowest BCUT2D eigenvalue weighted by Crippen LogP contribution is -2.08. The first-order valence-corrected chi connectivity index (χ1v) is 4.59. The molecule has 0 spiro atoms. The van der Waals surface area contributed by atoms with Gasteiger partial charge in [0.15, 0.2) is 0 Å².